The molecule has 0 saturated heterocycles. The summed E-state index contributed by atoms with van der Waals surface area (Å²) in [6, 6.07) is 4.54. The van der Waals surface area contributed by atoms with Crippen LogP contribution in [0.5, 0.6) is 0 Å². The van der Waals surface area contributed by atoms with Gasteiger partial charge in [-0.3, -0.25) is 0 Å². The number of hydrogen-bond donors (Lipinski definition) is 1. The Balaban J connectivity index is 2.25. The van der Waals surface area contributed by atoms with Crippen molar-refractivity contribution < 1.29 is 0 Å². The van der Waals surface area contributed by atoms with E-state index in [0.29, 0.717) is 0 Å². The third-order valence-electron chi connectivity index (χ3n) is 2.61. The first-order valence-corrected chi connectivity index (χ1v) is 7.18. The largest absolute Gasteiger partial charge is 0.375 e. The predicted molar refractivity (Wildman–Crippen MR) is 77.8 cm³/mol. The first-order chi connectivity index (χ1) is 8.08. The average Bonchev–Trinajstić information content (AvgIpc) is 2.76. The summed E-state index contributed by atoms with van der Waals surface area (Å²) in [7, 11) is 0. The molecular formula is C13H15BrN2S. The maximum Gasteiger partial charge on any atom is 0.115 e. The third-order valence-corrected chi connectivity index (χ3v) is 4.20. The molecule has 0 fully saturated rings. The van der Waals surface area contributed by atoms with Crippen LogP contribution < -0.4 is 5.32 Å². The maximum absolute atomic E-state index is 4.33. The fourth-order valence-electron chi connectivity index (χ4n) is 1.83. The summed E-state index contributed by atoms with van der Waals surface area (Å²) in [6.07, 6.45) is 1.84. The van der Waals surface area contributed by atoms with Gasteiger partial charge >= 0.3 is 0 Å². The topological polar surface area (TPSA) is 24.9 Å². The van der Waals surface area contributed by atoms with Crippen molar-refractivity contribution in [3.63, 3.8) is 0 Å². The lowest BCUT2D eigenvalue weighted by atomic mass is 10.1. The van der Waals surface area contributed by atoms with Gasteiger partial charge in [0.05, 0.1) is 11.7 Å². The molecule has 0 aliphatic carbocycles. The van der Waals surface area contributed by atoms with Crippen molar-refractivity contribution in [3.05, 3.63) is 44.3 Å². The molecule has 90 valence electrons. The molecule has 4 heteroatoms. The van der Waals surface area contributed by atoms with Crippen LogP contribution >= 0.6 is 27.3 Å². The van der Waals surface area contributed by atoms with E-state index in [1.54, 1.807) is 11.3 Å². The number of aromatic nitrogens is 1. The van der Waals surface area contributed by atoms with Crippen LogP contribution in [0.15, 0.2) is 28.2 Å². The van der Waals surface area contributed by atoms with Gasteiger partial charge in [0.1, 0.15) is 5.01 Å². The van der Waals surface area contributed by atoms with E-state index < -0.39 is 0 Å². The fourth-order valence-corrected chi connectivity index (χ4v) is 3.26. The molecule has 2 nitrogen and oxygen atoms in total. The molecule has 17 heavy (non-hydrogen) atoms. The van der Waals surface area contributed by atoms with Crippen molar-refractivity contribution in [1.29, 1.82) is 0 Å². The number of anilines is 1. The Morgan fingerprint density at radius 2 is 2.12 bits per heavy atom. The Labute approximate surface area is 114 Å². The molecule has 0 amide bonds. The molecule has 0 spiro atoms. The van der Waals surface area contributed by atoms with Crippen LogP contribution in [-0.4, -0.2) is 4.98 Å². The lowest BCUT2D eigenvalue weighted by Crippen LogP contribution is -2.08. The zero-order chi connectivity index (χ0) is 12.4. The molecule has 2 aromatic rings. The smallest absolute Gasteiger partial charge is 0.115 e. The van der Waals surface area contributed by atoms with Gasteiger partial charge in [-0.2, -0.15) is 0 Å². The SMILES string of the molecule is Cc1cc(C)c(NC(C)c2nccs2)c(Br)c1. The van der Waals surface area contributed by atoms with E-state index in [2.05, 4.69) is 59.1 Å². The molecule has 1 atom stereocenters. The molecule has 0 aliphatic rings. The number of nitrogens with zero attached hydrogens (tertiary/aromatic N) is 1. The van der Waals surface area contributed by atoms with Gasteiger partial charge in [-0.25, -0.2) is 4.98 Å². The van der Waals surface area contributed by atoms with Crippen molar-refractivity contribution in [2.45, 2.75) is 26.8 Å². The van der Waals surface area contributed by atoms with Gasteiger partial charge < -0.3 is 5.32 Å². The van der Waals surface area contributed by atoms with Gasteiger partial charge in [-0.05, 0) is 53.9 Å². The monoisotopic (exact) mass is 310 g/mol. The Kier molecular flexibility index (Phi) is 3.84. The molecule has 0 saturated carbocycles. The number of hydrogen-bond acceptors (Lipinski definition) is 3. The Morgan fingerprint density at radius 3 is 2.71 bits per heavy atom. The minimum absolute atomic E-state index is 0.229. The highest BCUT2D eigenvalue weighted by Gasteiger charge is 2.11. The Morgan fingerprint density at radius 1 is 1.35 bits per heavy atom. The van der Waals surface area contributed by atoms with Crippen LogP contribution in [0.2, 0.25) is 0 Å². The maximum atomic E-state index is 4.33. The number of halogens is 1. The first kappa shape index (κ1) is 12.6. The molecule has 1 unspecified atom stereocenters. The Hall–Kier alpha value is -0.870. The van der Waals surface area contributed by atoms with E-state index in [0.717, 1.165) is 15.2 Å². The second-order valence-electron chi connectivity index (χ2n) is 4.18. The predicted octanol–water partition coefficient (Wildman–Crippen LogP) is 4.70. The summed E-state index contributed by atoms with van der Waals surface area (Å²) < 4.78 is 1.11. The van der Waals surface area contributed by atoms with Crippen molar-refractivity contribution in [2.75, 3.05) is 5.32 Å². The van der Waals surface area contributed by atoms with E-state index in [-0.39, 0.29) is 6.04 Å². The molecule has 2 rings (SSSR count). The van der Waals surface area contributed by atoms with E-state index in [1.807, 2.05) is 11.6 Å². The second-order valence-corrected chi connectivity index (χ2v) is 5.96. The van der Waals surface area contributed by atoms with Gasteiger partial charge in [0.15, 0.2) is 0 Å². The standard InChI is InChI=1S/C13H15BrN2S/c1-8-6-9(2)12(11(14)7-8)16-10(3)13-15-4-5-17-13/h4-7,10,16H,1-3H3. The fraction of sp³-hybridized carbons (Fsp3) is 0.308. The number of aryl methyl sites for hydroxylation is 2. The minimum atomic E-state index is 0.229. The molecule has 0 aliphatic heterocycles. The van der Waals surface area contributed by atoms with Crippen molar-refractivity contribution in [3.8, 4) is 0 Å². The van der Waals surface area contributed by atoms with E-state index in [4.69, 9.17) is 0 Å². The van der Waals surface area contributed by atoms with Gasteiger partial charge in [0.25, 0.3) is 0 Å². The number of thiazole rings is 1. The minimum Gasteiger partial charge on any atom is -0.375 e. The van der Waals surface area contributed by atoms with Crippen molar-refractivity contribution in [1.82, 2.24) is 4.98 Å². The van der Waals surface area contributed by atoms with E-state index in [9.17, 15) is 0 Å². The zero-order valence-electron chi connectivity index (χ0n) is 10.1. The normalized spacial score (nSPS) is 12.5. The van der Waals surface area contributed by atoms with Crippen LogP contribution in [0.1, 0.15) is 29.1 Å². The van der Waals surface area contributed by atoms with Crippen molar-refractivity contribution in [2.24, 2.45) is 0 Å². The van der Waals surface area contributed by atoms with Crippen LogP contribution in [0, 0.1) is 13.8 Å². The zero-order valence-corrected chi connectivity index (χ0v) is 12.5. The summed E-state index contributed by atoms with van der Waals surface area (Å²) in [5.41, 5.74) is 3.67. The number of nitrogens with one attached hydrogen (secondary N) is 1. The number of benzene rings is 1. The lowest BCUT2D eigenvalue weighted by Gasteiger charge is -2.17. The molecule has 1 N–H and O–H groups in total. The second kappa shape index (κ2) is 5.19. The average molecular weight is 311 g/mol. The van der Waals surface area contributed by atoms with Gasteiger partial charge in [0, 0.05) is 16.0 Å². The van der Waals surface area contributed by atoms with Crippen LogP contribution in [0.25, 0.3) is 0 Å². The van der Waals surface area contributed by atoms with Gasteiger partial charge in [-0.15, -0.1) is 11.3 Å². The van der Waals surface area contributed by atoms with Crippen molar-refractivity contribution >= 4 is 33.0 Å². The van der Waals surface area contributed by atoms with Gasteiger partial charge in [-0.1, -0.05) is 6.07 Å². The molecule has 0 bridgehead atoms. The van der Waals surface area contributed by atoms with Crippen LogP contribution in [-0.2, 0) is 0 Å². The summed E-state index contributed by atoms with van der Waals surface area (Å²) >= 11 is 5.29. The number of rotatable bonds is 3. The van der Waals surface area contributed by atoms with Crippen LogP contribution in [0.3, 0.4) is 0 Å². The summed E-state index contributed by atoms with van der Waals surface area (Å²) in [6.45, 7) is 6.35. The molecule has 1 aromatic carbocycles. The molecule has 0 radical (unpaired) electrons. The summed E-state index contributed by atoms with van der Waals surface area (Å²) in [4.78, 5) is 4.33. The van der Waals surface area contributed by atoms with E-state index in [1.165, 1.54) is 11.1 Å². The molecule has 1 heterocycles. The first-order valence-electron chi connectivity index (χ1n) is 5.50. The molecular weight excluding hydrogens is 296 g/mol. The van der Waals surface area contributed by atoms with E-state index >= 15 is 0 Å². The summed E-state index contributed by atoms with van der Waals surface area (Å²) in [5.74, 6) is 0. The summed E-state index contributed by atoms with van der Waals surface area (Å²) in [5, 5.41) is 6.62. The highest BCUT2D eigenvalue weighted by molar-refractivity contribution is 9.10. The highest BCUT2D eigenvalue weighted by Crippen LogP contribution is 2.31. The quantitative estimate of drug-likeness (QED) is 0.889. The Bertz CT molecular complexity index is 485. The highest BCUT2D eigenvalue weighted by atomic mass is 79.9. The van der Waals surface area contributed by atoms with Crippen LogP contribution in [0.4, 0.5) is 5.69 Å². The third kappa shape index (κ3) is 2.87. The lowest BCUT2D eigenvalue weighted by molar-refractivity contribution is 0.866. The van der Waals surface area contributed by atoms with Gasteiger partial charge in [0.2, 0.25) is 0 Å². The molecule has 1 aromatic heterocycles.